The summed E-state index contributed by atoms with van der Waals surface area (Å²) in [4.78, 5) is 3.96. The molecule has 1 atom stereocenters. The van der Waals surface area contributed by atoms with Crippen LogP contribution in [0.25, 0.3) is 0 Å². The van der Waals surface area contributed by atoms with Gasteiger partial charge in [-0.2, -0.15) is 0 Å². The number of methoxy groups -OCH3 is 1. The van der Waals surface area contributed by atoms with Crippen molar-refractivity contribution in [1.29, 1.82) is 0 Å². The van der Waals surface area contributed by atoms with Gasteiger partial charge in [-0.05, 0) is 30.5 Å². The maximum absolute atomic E-state index is 10.5. The predicted octanol–water partition coefficient (Wildman–Crippen LogP) is 1.92. The minimum absolute atomic E-state index is 0.379. The van der Waals surface area contributed by atoms with Crippen LogP contribution in [0.4, 0.5) is 5.82 Å². The average Bonchev–Trinajstić information content (AvgIpc) is 2.39. The van der Waals surface area contributed by atoms with Crippen molar-refractivity contribution in [3.05, 3.63) is 23.9 Å². The molecule has 1 aromatic heterocycles. The van der Waals surface area contributed by atoms with Crippen LogP contribution in [0.1, 0.15) is 37.7 Å². The zero-order chi connectivity index (χ0) is 13.0. The molecule has 1 aliphatic carbocycles. The van der Waals surface area contributed by atoms with Crippen molar-refractivity contribution in [1.82, 2.24) is 4.98 Å². The van der Waals surface area contributed by atoms with Gasteiger partial charge in [0.05, 0.1) is 11.7 Å². The number of anilines is 1. The first-order chi connectivity index (χ1) is 8.66. The molecule has 1 unspecified atom stereocenters. The number of aromatic nitrogens is 1. The van der Waals surface area contributed by atoms with Crippen LogP contribution < -0.4 is 5.73 Å². The van der Waals surface area contributed by atoms with E-state index in [1.54, 1.807) is 13.3 Å². The Hall–Kier alpha value is -1.13. The summed E-state index contributed by atoms with van der Waals surface area (Å²) in [5.74, 6) is 0.495. The molecule has 0 spiro atoms. The second-order valence-corrected chi connectivity index (χ2v) is 5.14. The minimum Gasteiger partial charge on any atom is -0.390 e. The van der Waals surface area contributed by atoms with Crippen LogP contribution in [0.2, 0.25) is 0 Å². The third-order valence-electron chi connectivity index (χ3n) is 3.99. The van der Waals surface area contributed by atoms with E-state index in [-0.39, 0.29) is 5.60 Å². The van der Waals surface area contributed by atoms with Gasteiger partial charge in [-0.1, -0.05) is 19.3 Å². The molecule has 1 aromatic rings. The fraction of sp³-hybridized carbons (Fsp3) is 0.643. The molecular formula is C14H22N2O2. The molecule has 4 nitrogen and oxygen atoms in total. The largest absolute Gasteiger partial charge is 0.390 e. The fourth-order valence-electron chi connectivity index (χ4n) is 2.85. The van der Waals surface area contributed by atoms with Gasteiger partial charge >= 0.3 is 0 Å². The zero-order valence-electron chi connectivity index (χ0n) is 10.9. The topological polar surface area (TPSA) is 68.4 Å². The molecule has 0 aliphatic heterocycles. The van der Waals surface area contributed by atoms with E-state index in [0.29, 0.717) is 12.2 Å². The van der Waals surface area contributed by atoms with E-state index in [4.69, 9.17) is 10.5 Å². The van der Waals surface area contributed by atoms with Gasteiger partial charge in [-0.25, -0.2) is 4.98 Å². The van der Waals surface area contributed by atoms with E-state index in [9.17, 15) is 5.11 Å². The Morgan fingerprint density at radius 1 is 1.44 bits per heavy atom. The van der Waals surface area contributed by atoms with Gasteiger partial charge in [0.2, 0.25) is 0 Å². The molecule has 4 heteroatoms. The minimum atomic E-state index is -0.482. The Kier molecular flexibility index (Phi) is 4.19. The van der Waals surface area contributed by atoms with Gasteiger partial charge in [0.15, 0.2) is 0 Å². The number of nitrogens with zero attached hydrogens (tertiary/aromatic N) is 1. The SMILES string of the molecule is COC1(C(O)Cc2ccnc(N)c2)CCCCC1. The first kappa shape index (κ1) is 13.3. The monoisotopic (exact) mass is 250 g/mol. The summed E-state index contributed by atoms with van der Waals surface area (Å²) < 4.78 is 5.65. The van der Waals surface area contributed by atoms with Crippen LogP contribution in [0.3, 0.4) is 0 Å². The first-order valence-electron chi connectivity index (χ1n) is 6.60. The number of pyridine rings is 1. The number of hydrogen-bond donors (Lipinski definition) is 2. The maximum Gasteiger partial charge on any atom is 0.123 e. The van der Waals surface area contributed by atoms with Crippen LogP contribution in [-0.4, -0.2) is 28.9 Å². The predicted molar refractivity (Wildman–Crippen MR) is 71.2 cm³/mol. The Morgan fingerprint density at radius 3 is 2.78 bits per heavy atom. The third-order valence-corrected chi connectivity index (χ3v) is 3.99. The second-order valence-electron chi connectivity index (χ2n) is 5.14. The Morgan fingerprint density at radius 2 is 2.17 bits per heavy atom. The molecule has 0 aromatic carbocycles. The summed E-state index contributed by atoms with van der Waals surface area (Å²) in [6, 6.07) is 3.71. The fourth-order valence-corrected chi connectivity index (χ4v) is 2.85. The lowest BCUT2D eigenvalue weighted by Crippen LogP contribution is -2.46. The molecule has 0 bridgehead atoms. The summed E-state index contributed by atoms with van der Waals surface area (Å²) in [6.07, 6.45) is 7.13. The number of hydrogen-bond acceptors (Lipinski definition) is 4. The highest BCUT2D eigenvalue weighted by molar-refractivity contribution is 5.32. The van der Waals surface area contributed by atoms with Crippen LogP contribution in [-0.2, 0) is 11.2 Å². The molecule has 100 valence electrons. The maximum atomic E-state index is 10.5. The van der Waals surface area contributed by atoms with Gasteiger partial charge < -0.3 is 15.6 Å². The number of aliphatic hydroxyl groups excluding tert-OH is 1. The number of nitrogen functional groups attached to an aromatic ring is 1. The normalized spacial score (nSPS) is 20.6. The number of aliphatic hydroxyl groups is 1. The molecule has 1 saturated carbocycles. The lowest BCUT2D eigenvalue weighted by Gasteiger charge is -2.40. The summed E-state index contributed by atoms with van der Waals surface area (Å²) in [7, 11) is 1.70. The highest BCUT2D eigenvalue weighted by atomic mass is 16.5. The van der Waals surface area contributed by atoms with Crippen molar-refractivity contribution in [2.45, 2.75) is 50.2 Å². The van der Waals surface area contributed by atoms with Crippen LogP contribution in [0.5, 0.6) is 0 Å². The van der Waals surface area contributed by atoms with E-state index in [1.165, 1.54) is 6.42 Å². The number of rotatable bonds is 4. The molecule has 1 aliphatic rings. The molecule has 1 fully saturated rings. The van der Waals surface area contributed by atoms with Crippen LogP contribution in [0.15, 0.2) is 18.3 Å². The molecular weight excluding hydrogens is 228 g/mol. The molecule has 0 amide bonds. The zero-order valence-corrected chi connectivity index (χ0v) is 10.9. The Bertz CT molecular complexity index is 389. The van der Waals surface area contributed by atoms with Crippen LogP contribution >= 0.6 is 0 Å². The van der Waals surface area contributed by atoms with Crippen molar-refractivity contribution >= 4 is 5.82 Å². The average molecular weight is 250 g/mol. The van der Waals surface area contributed by atoms with Crippen molar-refractivity contribution in [2.75, 3.05) is 12.8 Å². The molecule has 3 N–H and O–H groups in total. The lowest BCUT2D eigenvalue weighted by molar-refractivity contribution is -0.122. The molecule has 0 saturated heterocycles. The first-order valence-corrected chi connectivity index (χ1v) is 6.60. The van der Waals surface area contributed by atoms with E-state index < -0.39 is 6.10 Å². The summed E-state index contributed by atoms with van der Waals surface area (Å²) in [5.41, 5.74) is 6.29. The third kappa shape index (κ3) is 2.82. The molecule has 1 heterocycles. The van der Waals surface area contributed by atoms with Gasteiger partial charge in [-0.15, -0.1) is 0 Å². The van der Waals surface area contributed by atoms with Crippen molar-refractivity contribution in [3.8, 4) is 0 Å². The molecule has 2 rings (SSSR count). The standard InChI is InChI=1S/C14H22N2O2/c1-18-14(6-3-2-4-7-14)12(17)9-11-5-8-16-13(15)10-11/h5,8,10,12,17H,2-4,6-7,9H2,1H3,(H2,15,16). The summed E-state index contributed by atoms with van der Waals surface area (Å²) >= 11 is 0. The highest BCUT2D eigenvalue weighted by Crippen LogP contribution is 2.35. The summed E-state index contributed by atoms with van der Waals surface area (Å²) in [5, 5.41) is 10.5. The number of ether oxygens (including phenoxy) is 1. The lowest BCUT2D eigenvalue weighted by atomic mass is 9.78. The Labute approximate surface area is 108 Å². The second kappa shape index (κ2) is 5.67. The summed E-state index contributed by atoms with van der Waals surface area (Å²) in [6.45, 7) is 0. The number of nitrogens with two attached hydrogens (primary N) is 1. The molecule has 0 radical (unpaired) electrons. The smallest absolute Gasteiger partial charge is 0.123 e. The van der Waals surface area contributed by atoms with E-state index in [2.05, 4.69) is 4.98 Å². The van der Waals surface area contributed by atoms with Gasteiger partial charge in [0.1, 0.15) is 5.82 Å². The van der Waals surface area contributed by atoms with E-state index in [1.807, 2.05) is 12.1 Å². The van der Waals surface area contributed by atoms with Crippen molar-refractivity contribution in [3.63, 3.8) is 0 Å². The molecule has 18 heavy (non-hydrogen) atoms. The van der Waals surface area contributed by atoms with Gasteiger partial charge in [0.25, 0.3) is 0 Å². The van der Waals surface area contributed by atoms with E-state index >= 15 is 0 Å². The van der Waals surface area contributed by atoms with Crippen LogP contribution in [0, 0.1) is 0 Å². The van der Waals surface area contributed by atoms with Gasteiger partial charge in [-0.3, -0.25) is 0 Å². The van der Waals surface area contributed by atoms with Crippen molar-refractivity contribution < 1.29 is 9.84 Å². The van der Waals surface area contributed by atoms with E-state index in [0.717, 1.165) is 31.2 Å². The quantitative estimate of drug-likeness (QED) is 0.856. The Balaban J connectivity index is 2.07. The van der Waals surface area contributed by atoms with Crippen molar-refractivity contribution in [2.24, 2.45) is 0 Å². The van der Waals surface area contributed by atoms with Gasteiger partial charge in [0, 0.05) is 19.7 Å². The highest BCUT2D eigenvalue weighted by Gasteiger charge is 2.38.